The molecule has 0 aliphatic carbocycles. The zero-order chi connectivity index (χ0) is 14.4. The fourth-order valence-corrected chi connectivity index (χ4v) is 2.17. The molecule has 0 atom stereocenters. The summed E-state index contributed by atoms with van der Waals surface area (Å²) in [6.45, 7) is 0.709. The largest absolute Gasteiger partial charge is 0.453 e. The standard InChI is InChI=1S/C15H15BrN2O2/c1-20-15(19)18-14-7-3-6-13(9-14)17-10-11-4-2-5-12(16)8-11/h2-9,17H,10H2,1H3,(H,18,19). The normalized spacial score (nSPS) is 9.90. The molecule has 0 spiro atoms. The summed E-state index contributed by atoms with van der Waals surface area (Å²) < 4.78 is 5.61. The summed E-state index contributed by atoms with van der Waals surface area (Å²) in [6.07, 6.45) is -0.478. The minimum atomic E-state index is -0.478. The van der Waals surface area contributed by atoms with E-state index < -0.39 is 6.09 Å². The van der Waals surface area contributed by atoms with E-state index in [1.54, 1.807) is 6.07 Å². The van der Waals surface area contributed by atoms with E-state index in [0.717, 1.165) is 10.2 Å². The summed E-state index contributed by atoms with van der Waals surface area (Å²) in [6, 6.07) is 15.6. The fourth-order valence-electron chi connectivity index (χ4n) is 1.73. The van der Waals surface area contributed by atoms with Crippen molar-refractivity contribution in [2.24, 2.45) is 0 Å². The van der Waals surface area contributed by atoms with E-state index in [1.165, 1.54) is 12.7 Å². The van der Waals surface area contributed by atoms with Gasteiger partial charge >= 0.3 is 6.09 Å². The Kier molecular flexibility index (Phi) is 5.01. The number of methoxy groups -OCH3 is 1. The Morgan fingerprint density at radius 3 is 2.65 bits per heavy atom. The fraction of sp³-hybridized carbons (Fsp3) is 0.133. The quantitative estimate of drug-likeness (QED) is 0.879. The van der Waals surface area contributed by atoms with Crippen LogP contribution in [0.15, 0.2) is 53.0 Å². The van der Waals surface area contributed by atoms with Crippen LogP contribution < -0.4 is 10.6 Å². The molecule has 1 amide bonds. The van der Waals surface area contributed by atoms with Crippen LogP contribution in [0.5, 0.6) is 0 Å². The highest BCUT2D eigenvalue weighted by Crippen LogP contribution is 2.17. The van der Waals surface area contributed by atoms with Crippen molar-refractivity contribution in [1.29, 1.82) is 0 Å². The number of benzene rings is 2. The lowest BCUT2D eigenvalue weighted by Crippen LogP contribution is -2.11. The summed E-state index contributed by atoms with van der Waals surface area (Å²) in [5.41, 5.74) is 2.79. The number of carbonyl (C=O) groups is 1. The first-order chi connectivity index (χ1) is 9.67. The van der Waals surface area contributed by atoms with Crippen LogP contribution in [-0.4, -0.2) is 13.2 Å². The van der Waals surface area contributed by atoms with Crippen LogP contribution in [0.2, 0.25) is 0 Å². The number of ether oxygens (including phenoxy) is 1. The van der Waals surface area contributed by atoms with Crippen LogP contribution in [0.1, 0.15) is 5.56 Å². The Bertz CT molecular complexity index is 602. The second kappa shape index (κ2) is 6.96. The van der Waals surface area contributed by atoms with Crippen LogP contribution in [0.4, 0.5) is 16.2 Å². The predicted molar refractivity (Wildman–Crippen MR) is 83.9 cm³/mol. The molecule has 0 radical (unpaired) electrons. The first kappa shape index (κ1) is 14.4. The second-order valence-corrected chi connectivity index (χ2v) is 5.10. The Balaban J connectivity index is 1.99. The van der Waals surface area contributed by atoms with Gasteiger partial charge in [0.2, 0.25) is 0 Å². The number of hydrogen-bond acceptors (Lipinski definition) is 3. The molecule has 0 fully saturated rings. The van der Waals surface area contributed by atoms with Gasteiger partial charge in [-0.05, 0) is 35.9 Å². The molecule has 104 valence electrons. The van der Waals surface area contributed by atoms with Crippen LogP contribution in [0.25, 0.3) is 0 Å². The van der Waals surface area contributed by atoms with Gasteiger partial charge in [0, 0.05) is 22.4 Å². The van der Waals surface area contributed by atoms with Crippen LogP contribution in [0.3, 0.4) is 0 Å². The number of anilines is 2. The van der Waals surface area contributed by atoms with E-state index in [9.17, 15) is 4.79 Å². The summed E-state index contributed by atoms with van der Waals surface area (Å²) in [4.78, 5) is 11.2. The number of nitrogens with one attached hydrogen (secondary N) is 2. The maximum atomic E-state index is 11.2. The van der Waals surface area contributed by atoms with Gasteiger partial charge in [-0.25, -0.2) is 4.79 Å². The molecule has 0 aliphatic heterocycles. The van der Waals surface area contributed by atoms with Gasteiger partial charge in [0.1, 0.15) is 0 Å². The van der Waals surface area contributed by atoms with Gasteiger partial charge in [-0.3, -0.25) is 5.32 Å². The van der Waals surface area contributed by atoms with Gasteiger partial charge in [-0.15, -0.1) is 0 Å². The lowest BCUT2D eigenvalue weighted by atomic mass is 10.2. The van der Waals surface area contributed by atoms with E-state index >= 15 is 0 Å². The average Bonchev–Trinajstić information content (AvgIpc) is 2.45. The number of amides is 1. The van der Waals surface area contributed by atoms with Gasteiger partial charge in [-0.2, -0.15) is 0 Å². The predicted octanol–water partition coefficient (Wildman–Crippen LogP) is 4.24. The molecule has 5 heteroatoms. The van der Waals surface area contributed by atoms with Crippen molar-refractivity contribution in [2.45, 2.75) is 6.54 Å². The monoisotopic (exact) mass is 334 g/mol. The molecule has 0 aromatic heterocycles. The second-order valence-electron chi connectivity index (χ2n) is 4.18. The Hall–Kier alpha value is -2.01. The first-order valence-electron chi connectivity index (χ1n) is 6.11. The number of hydrogen-bond donors (Lipinski definition) is 2. The maximum Gasteiger partial charge on any atom is 0.411 e. The van der Waals surface area contributed by atoms with E-state index in [4.69, 9.17) is 0 Å². The number of rotatable bonds is 4. The smallest absolute Gasteiger partial charge is 0.411 e. The van der Waals surface area contributed by atoms with Gasteiger partial charge in [0.25, 0.3) is 0 Å². The van der Waals surface area contributed by atoms with E-state index in [-0.39, 0.29) is 0 Å². The summed E-state index contributed by atoms with van der Waals surface area (Å²) in [7, 11) is 1.34. The topological polar surface area (TPSA) is 50.4 Å². The minimum absolute atomic E-state index is 0.478. The van der Waals surface area contributed by atoms with Crippen LogP contribution in [0, 0.1) is 0 Å². The van der Waals surface area contributed by atoms with Crippen molar-refractivity contribution < 1.29 is 9.53 Å². The number of carbonyl (C=O) groups excluding carboxylic acids is 1. The molecule has 2 rings (SSSR count). The molecule has 2 N–H and O–H groups in total. The molecule has 0 saturated carbocycles. The molecule has 0 heterocycles. The molecule has 20 heavy (non-hydrogen) atoms. The van der Waals surface area contributed by atoms with Crippen molar-refractivity contribution in [2.75, 3.05) is 17.7 Å². The molecule has 4 nitrogen and oxygen atoms in total. The Morgan fingerprint density at radius 2 is 1.90 bits per heavy atom. The molecular weight excluding hydrogens is 320 g/mol. The third-order valence-electron chi connectivity index (χ3n) is 2.68. The van der Waals surface area contributed by atoms with Gasteiger partial charge in [0.15, 0.2) is 0 Å². The van der Waals surface area contributed by atoms with E-state index in [0.29, 0.717) is 12.2 Å². The molecule has 0 aliphatic rings. The molecule has 0 saturated heterocycles. The van der Waals surface area contributed by atoms with Crippen molar-refractivity contribution in [3.05, 3.63) is 58.6 Å². The third kappa shape index (κ3) is 4.28. The first-order valence-corrected chi connectivity index (χ1v) is 6.90. The Morgan fingerprint density at radius 1 is 1.15 bits per heavy atom. The minimum Gasteiger partial charge on any atom is -0.453 e. The van der Waals surface area contributed by atoms with Crippen molar-refractivity contribution in [3.8, 4) is 0 Å². The van der Waals surface area contributed by atoms with Gasteiger partial charge in [0.05, 0.1) is 7.11 Å². The molecule has 2 aromatic rings. The van der Waals surface area contributed by atoms with E-state index in [2.05, 4.69) is 37.4 Å². The highest BCUT2D eigenvalue weighted by Gasteiger charge is 2.01. The summed E-state index contributed by atoms with van der Waals surface area (Å²) >= 11 is 3.45. The SMILES string of the molecule is COC(=O)Nc1cccc(NCc2cccc(Br)c2)c1. The Labute approximate surface area is 126 Å². The van der Waals surface area contributed by atoms with Gasteiger partial charge < -0.3 is 10.1 Å². The van der Waals surface area contributed by atoms with Crippen molar-refractivity contribution in [1.82, 2.24) is 0 Å². The lowest BCUT2D eigenvalue weighted by molar-refractivity contribution is 0.187. The van der Waals surface area contributed by atoms with E-state index in [1.807, 2.05) is 36.4 Å². The summed E-state index contributed by atoms with van der Waals surface area (Å²) in [5, 5.41) is 5.94. The van der Waals surface area contributed by atoms with Crippen molar-refractivity contribution >= 4 is 33.4 Å². The molecule has 0 bridgehead atoms. The van der Waals surface area contributed by atoms with Crippen LogP contribution in [-0.2, 0) is 11.3 Å². The molecular formula is C15H15BrN2O2. The summed E-state index contributed by atoms with van der Waals surface area (Å²) in [5.74, 6) is 0. The third-order valence-corrected chi connectivity index (χ3v) is 3.17. The van der Waals surface area contributed by atoms with Crippen LogP contribution >= 0.6 is 15.9 Å². The highest BCUT2D eigenvalue weighted by atomic mass is 79.9. The highest BCUT2D eigenvalue weighted by molar-refractivity contribution is 9.10. The van der Waals surface area contributed by atoms with Gasteiger partial charge in [-0.1, -0.05) is 34.1 Å². The number of halogens is 1. The van der Waals surface area contributed by atoms with Crippen molar-refractivity contribution in [3.63, 3.8) is 0 Å². The zero-order valence-corrected chi connectivity index (χ0v) is 12.6. The lowest BCUT2D eigenvalue weighted by Gasteiger charge is -2.09. The zero-order valence-electron chi connectivity index (χ0n) is 11.0. The average molecular weight is 335 g/mol. The molecule has 2 aromatic carbocycles. The molecule has 0 unspecified atom stereocenters. The maximum absolute atomic E-state index is 11.2.